The number of fused-ring (bicyclic) bond motifs is 1. The van der Waals surface area contributed by atoms with Gasteiger partial charge >= 0.3 is 0 Å². The van der Waals surface area contributed by atoms with Gasteiger partial charge in [-0.05, 0) is 12.3 Å². The number of hydrogen-bond acceptors (Lipinski definition) is 6. The molecule has 2 heterocycles. The topological polar surface area (TPSA) is 130 Å². The number of alkyl halides is 1. The molecule has 114 valence electrons. The molecular weight excluding hydrogens is 281 g/mol. The van der Waals surface area contributed by atoms with Crippen molar-refractivity contribution >= 4 is 17.1 Å². The summed E-state index contributed by atoms with van der Waals surface area (Å²) in [6.07, 6.45) is 0.326. The second kappa shape index (κ2) is 5.08. The van der Waals surface area contributed by atoms with Gasteiger partial charge in [0.2, 0.25) is 5.95 Å². The third-order valence-corrected chi connectivity index (χ3v) is 4.18. The summed E-state index contributed by atoms with van der Waals surface area (Å²) >= 11 is 0. The van der Waals surface area contributed by atoms with Gasteiger partial charge < -0.3 is 20.5 Å². The number of anilines is 1. The molecular formula is C12H16FN5O3. The average Bonchev–Trinajstić information content (AvgIpc) is 2.99. The molecule has 1 aliphatic carbocycles. The van der Waals surface area contributed by atoms with Crippen LogP contribution in [-0.4, -0.2) is 49.1 Å². The number of aliphatic hydroxyl groups excluding tert-OH is 2. The highest BCUT2D eigenvalue weighted by molar-refractivity contribution is 5.70. The number of aromatic amines is 1. The van der Waals surface area contributed by atoms with Gasteiger partial charge in [0.15, 0.2) is 11.2 Å². The predicted octanol–water partition coefficient (Wildman–Crippen LogP) is -0.798. The van der Waals surface area contributed by atoms with Gasteiger partial charge in [-0.15, -0.1) is 0 Å². The molecule has 0 aliphatic heterocycles. The molecule has 0 radical (unpaired) electrons. The maximum Gasteiger partial charge on any atom is 0.280 e. The highest BCUT2D eigenvalue weighted by atomic mass is 19.1. The van der Waals surface area contributed by atoms with Crippen molar-refractivity contribution in [3.63, 3.8) is 0 Å². The normalized spacial score (nSPS) is 29.3. The van der Waals surface area contributed by atoms with Gasteiger partial charge in [-0.1, -0.05) is 0 Å². The average molecular weight is 297 g/mol. The van der Waals surface area contributed by atoms with Crippen molar-refractivity contribution < 1.29 is 14.6 Å². The van der Waals surface area contributed by atoms with Crippen molar-refractivity contribution in [2.45, 2.75) is 18.6 Å². The Kier molecular flexibility index (Phi) is 3.38. The van der Waals surface area contributed by atoms with Crippen molar-refractivity contribution in [1.29, 1.82) is 0 Å². The lowest BCUT2D eigenvalue weighted by molar-refractivity contribution is 0.0957. The van der Waals surface area contributed by atoms with Gasteiger partial charge in [-0.3, -0.25) is 9.78 Å². The zero-order chi connectivity index (χ0) is 15.1. The fraction of sp³-hybridized carbons (Fsp3) is 0.583. The summed E-state index contributed by atoms with van der Waals surface area (Å²) in [5, 5.41) is 18.6. The van der Waals surface area contributed by atoms with E-state index in [2.05, 4.69) is 15.0 Å². The van der Waals surface area contributed by atoms with Crippen LogP contribution in [0.15, 0.2) is 11.1 Å². The van der Waals surface area contributed by atoms with E-state index in [1.165, 1.54) is 10.9 Å². The number of aliphatic hydroxyl groups is 2. The van der Waals surface area contributed by atoms with Crippen molar-refractivity contribution in [2.75, 3.05) is 18.9 Å². The lowest BCUT2D eigenvalue weighted by atomic mass is 9.97. The Hall–Kier alpha value is -2.00. The van der Waals surface area contributed by atoms with Crippen molar-refractivity contribution in [3.8, 4) is 0 Å². The Morgan fingerprint density at radius 3 is 2.86 bits per heavy atom. The molecule has 2 aromatic rings. The Balaban J connectivity index is 2.07. The second-order valence-electron chi connectivity index (χ2n) is 5.31. The minimum atomic E-state index is -1.35. The number of nitrogens with zero attached hydrogens (tertiary/aromatic N) is 3. The molecule has 0 saturated heterocycles. The molecule has 0 unspecified atom stereocenters. The fourth-order valence-electron chi connectivity index (χ4n) is 3.07. The molecule has 1 aliphatic rings. The molecule has 3 rings (SSSR count). The van der Waals surface area contributed by atoms with Crippen LogP contribution in [-0.2, 0) is 0 Å². The number of halogens is 1. The maximum atomic E-state index is 14.5. The zero-order valence-electron chi connectivity index (χ0n) is 11.1. The third kappa shape index (κ3) is 2.09. The van der Waals surface area contributed by atoms with E-state index < -0.39 is 23.7 Å². The van der Waals surface area contributed by atoms with Crippen LogP contribution < -0.4 is 11.3 Å². The zero-order valence-corrected chi connectivity index (χ0v) is 11.1. The quantitative estimate of drug-likeness (QED) is 0.587. The second-order valence-corrected chi connectivity index (χ2v) is 5.31. The molecule has 1 fully saturated rings. The summed E-state index contributed by atoms with van der Waals surface area (Å²) in [5.74, 6) is -1.05. The lowest BCUT2D eigenvalue weighted by Crippen LogP contribution is -2.25. The van der Waals surface area contributed by atoms with E-state index in [0.29, 0.717) is 6.42 Å². The Bertz CT molecular complexity index is 714. The van der Waals surface area contributed by atoms with Gasteiger partial charge in [-0.25, -0.2) is 9.37 Å². The van der Waals surface area contributed by atoms with Gasteiger partial charge in [0.1, 0.15) is 6.17 Å². The van der Waals surface area contributed by atoms with Crippen LogP contribution >= 0.6 is 0 Å². The number of imidazole rings is 1. The van der Waals surface area contributed by atoms with Crippen LogP contribution in [0.1, 0.15) is 12.5 Å². The first kappa shape index (κ1) is 14.0. The summed E-state index contributed by atoms with van der Waals surface area (Å²) in [6, 6.07) is -0.641. The van der Waals surface area contributed by atoms with Gasteiger partial charge in [-0.2, -0.15) is 4.98 Å². The van der Waals surface area contributed by atoms with Crippen LogP contribution in [0.3, 0.4) is 0 Å². The van der Waals surface area contributed by atoms with Crippen molar-refractivity contribution in [3.05, 3.63) is 16.7 Å². The van der Waals surface area contributed by atoms with E-state index >= 15 is 0 Å². The summed E-state index contributed by atoms with van der Waals surface area (Å²) in [4.78, 5) is 22.0. The first-order chi connectivity index (χ1) is 10.1. The van der Waals surface area contributed by atoms with Gasteiger partial charge in [0, 0.05) is 19.1 Å². The largest absolute Gasteiger partial charge is 0.396 e. The fourth-order valence-corrected chi connectivity index (χ4v) is 3.07. The van der Waals surface area contributed by atoms with Crippen LogP contribution in [0.5, 0.6) is 0 Å². The van der Waals surface area contributed by atoms with Crippen LogP contribution in [0.25, 0.3) is 11.2 Å². The highest BCUT2D eigenvalue weighted by Gasteiger charge is 2.44. The minimum absolute atomic E-state index is 0.0694. The Labute approximate surface area is 118 Å². The molecule has 8 nitrogen and oxygen atoms in total. The van der Waals surface area contributed by atoms with Crippen molar-refractivity contribution in [2.24, 2.45) is 11.8 Å². The van der Waals surface area contributed by atoms with E-state index in [1.807, 2.05) is 0 Å². The summed E-state index contributed by atoms with van der Waals surface area (Å²) in [7, 11) is 0. The van der Waals surface area contributed by atoms with E-state index in [9.17, 15) is 19.4 Å². The first-order valence-corrected chi connectivity index (χ1v) is 6.65. The van der Waals surface area contributed by atoms with E-state index in [0.717, 1.165) is 0 Å². The molecule has 0 aromatic carbocycles. The standard InChI is InChI=1S/C12H16FN5O3/c13-8-6(3-20)5(2-19)1-7(8)18-4-15-9-10(18)16-12(14)17-11(9)21/h4-8,19-20H,1-3H2,(H3,14,16,17,21)/t5-,6-,7+,8+/m1/s1. The molecule has 1 saturated carbocycles. The minimum Gasteiger partial charge on any atom is -0.396 e. The molecule has 9 heteroatoms. The molecule has 21 heavy (non-hydrogen) atoms. The Morgan fingerprint density at radius 1 is 1.48 bits per heavy atom. The van der Waals surface area contributed by atoms with Crippen LogP contribution in [0.2, 0.25) is 0 Å². The molecule has 5 N–H and O–H groups in total. The van der Waals surface area contributed by atoms with E-state index in [1.54, 1.807) is 0 Å². The number of nitrogens with two attached hydrogens (primary N) is 1. The SMILES string of the molecule is Nc1nc2c(ncn2[C@H]2C[C@H](CO)[C@@H](CO)[C@@H]2F)c(=O)[nH]1. The number of hydrogen-bond donors (Lipinski definition) is 4. The number of nitrogen functional groups attached to an aromatic ring is 1. The van der Waals surface area contributed by atoms with Gasteiger partial charge in [0.05, 0.1) is 12.4 Å². The van der Waals surface area contributed by atoms with Gasteiger partial charge in [0.25, 0.3) is 5.56 Å². The lowest BCUT2D eigenvalue weighted by Gasteiger charge is -2.18. The summed E-state index contributed by atoms with van der Waals surface area (Å²) < 4.78 is 16.0. The number of H-pyrrole nitrogens is 1. The summed E-state index contributed by atoms with van der Waals surface area (Å²) in [5.41, 5.74) is 5.32. The predicted molar refractivity (Wildman–Crippen MR) is 72.3 cm³/mol. The van der Waals surface area contributed by atoms with E-state index in [-0.39, 0.29) is 36.2 Å². The molecule has 0 amide bonds. The monoisotopic (exact) mass is 297 g/mol. The molecule has 0 spiro atoms. The molecule has 2 aromatic heterocycles. The number of rotatable bonds is 3. The maximum absolute atomic E-state index is 14.5. The first-order valence-electron chi connectivity index (χ1n) is 6.65. The van der Waals surface area contributed by atoms with E-state index in [4.69, 9.17) is 5.73 Å². The smallest absolute Gasteiger partial charge is 0.280 e. The molecule has 4 atom stereocenters. The van der Waals surface area contributed by atoms with Crippen molar-refractivity contribution in [1.82, 2.24) is 19.5 Å². The third-order valence-electron chi connectivity index (χ3n) is 4.18. The van der Waals surface area contributed by atoms with Crippen LogP contribution in [0, 0.1) is 11.8 Å². The number of aromatic nitrogens is 4. The molecule has 0 bridgehead atoms. The highest BCUT2D eigenvalue weighted by Crippen LogP contribution is 2.42. The summed E-state index contributed by atoms with van der Waals surface area (Å²) in [6.45, 7) is -0.545. The Morgan fingerprint density at radius 2 is 2.24 bits per heavy atom. The number of nitrogens with one attached hydrogen (secondary N) is 1. The van der Waals surface area contributed by atoms with Crippen LogP contribution in [0.4, 0.5) is 10.3 Å².